The van der Waals surface area contributed by atoms with E-state index in [1.165, 1.54) is 0 Å². The summed E-state index contributed by atoms with van der Waals surface area (Å²) >= 11 is 6.27. The molecule has 0 amide bonds. The average Bonchev–Trinajstić information content (AvgIpc) is 2.69. The topological polar surface area (TPSA) is 41.9 Å². The fourth-order valence-electron chi connectivity index (χ4n) is 2.29. The minimum absolute atomic E-state index is 0.190. The van der Waals surface area contributed by atoms with Crippen molar-refractivity contribution in [3.8, 4) is 11.5 Å². The van der Waals surface area contributed by atoms with Crippen molar-refractivity contribution >= 4 is 11.6 Å². The summed E-state index contributed by atoms with van der Waals surface area (Å²) in [5.74, 6) is 1.41. The Hall–Kier alpha value is -0.970. The highest BCUT2D eigenvalue weighted by Crippen LogP contribution is 2.38. The molecule has 0 saturated heterocycles. The van der Waals surface area contributed by atoms with E-state index in [0.29, 0.717) is 30.5 Å². The molecule has 0 radical (unpaired) electrons. The molecule has 2 rings (SSSR count). The summed E-state index contributed by atoms with van der Waals surface area (Å²) in [6.45, 7) is 6.12. The summed E-state index contributed by atoms with van der Waals surface area (Å²) in [6, 6.07) is 3.96. The van der Waals surface area contributed by atoms with Gasteiger partial charge < -0.3 is 19.5 Å². The van der Waals surface area contributed by atoms with E-state index < -0.39 is 0 Å². The van der Waals surface area contributed by atoms with Crippen molar-refractivity contribution in [3.63, 3.8) is 0 Å². The van der Waals surface area contributed by atoms with Crippen LogP contribution in [0.2, 0.25) is 5.02 Å². The van der Waals surface area contributed by atoms with Gasteiger partial charge in [0.2, 0.25) is 0 Å². The number of hydrogen-bond donors (Lipinski definition) is 1. The zero-order valence-electron chi connectivity index (χ0n) is 11.9. The molecule has 4 nitrogen and oxygen atoms in total. The summed E-state index contributed by atoms with van der Waals surface area (Å²) in [4.78, 5) is 2.21. The van der Waals surface area contributed by atoms with E-state index in [-0.39, 0.29) is 6.61 Å². The number of ether oxygens (including phenoxy) is 2. The van der Waals surface area contributed by atoms with Gasteiger partial charge in [0.15, 0.2) is 11.5 Å². The largest absolute Gasteiger partial charge is 0.489 e. The van der Waals surface area contributed by atoms with E-state index in [1.807, 2.05) is 12.1 Å². The van der Waals surface area contributed by atoms with Crippen LogP contribution >= 0.6 is 11.6 Å². The van der Waals surface area contributed by atoms with Crippen LogP contribution in [-0.4, -0.2) is 49.5 Å². The fourth-order valence-corrected chi connectivity index (χ4v) is 2.57. The Morgan fingerprint density at radius 2 is 2.05 bits per heavy atom. The third kappa shape index (κ3) is 4.01. The SMILES string of the molecule is CCN(CCO)CCc1cc(Cl)c2c(c1)OCCCO2. The molecular formula is C15H22ClNO3. The molecule has 0 fully saturated rings. The van der Waals surface area contributed by atoms with Crippen LogP contribution in [0.3, 0.4) is 0 Å². The second kappa shape index (κ2) is 7.72. The Morgan fingerprint density at radius 1 is 1.25 bits per heavy atom. The highest BCUT2D eigenvalue weighted by molar-refractivity contribution is 6.32. The summed E-state index contributed by atoms with van der Waals surface area (Å²) in [6.07, 6.45) is 1.75. The van der Waals surface area contributed by atoms with Gasteiger partial charge in [0.25, 0.3) is 0 Å². The first-order valence-electron chi connectivity index (χ1n) is 7.15. The van der Waals surface area contributed by atoms with E-state index in [2.05, 4.69) is 11.8 Å². The molecule has 0 saturated carbocycles. The quantitative estimate of drug-likeness (QED) is 0.875. The smallest absolute Gasteiger partial charge is 0.179 e. The normalized spacial score (nSPS) is 14.4. The summed E-state index contributed by atoms with van der Waals surface area (Å²) in [5, 5.41) is 9.61. The number of rotatable bonds is 6. The Morgan fingerprint density at radius 3 is 2.80 bits per heavy atom. The Balaban J connectivity index is 2.05. The highest BCUT2D eigenvalue weighted by atomic mass is 35.5. The molecule has 5 heteroatoms. The van der Waals surface area contributed by atoms with Crippen LogP contribution in [0.15, 0.2) is 12.1 Å². The zero-order valence-corrected chi connectivity index (χ0v) is 12.7. The molecular weight excluding hydrogens is 278 g/mol. The molecule has 1 aromatic rings. The van der Waals surface area contributed by atoms with Gasteiger partial charge in [-0.25, -0.2) is 0 Å². The van der Waals surface area contributed by atoms with Crippen LogP contribution in [0, 0.1) is 0 Å². The monoisotopic (exact) mass is 299 g/mol. The first-order chi connectivity index (χ1) is 9.74. The first-order valence-corrected chi connectivity index (χ1v) is 7.53. The maximum atomic E-state index is 9.00. The molecule has 1 aliphatic rings. The van der Waals surface area contributed by atoms with Gasteiger partial charge in [-0.1, -0.05) is 18.5 Å². The molecule has 0 spiro atoms. The maximum Gasteiger partial charge on any atom is 0.179 e. The second-order valence-corrected chi connectivity index (χ2v) is 5.27. The third-order valence-corrected chi connectivity index (χ3v) is 3.72. The number of halogens is 1. The molecule has 0 bridgehead atoms. The van der Waals surface area contributed by atoms with E-state index in [4.69, 9.17) is 26.2 Å². The Labute approximate surface area is 125 Å². The van der Waals surface area contributed by atoms with Gasteiger partial charge in [-0.2, -0.15) is 0 Å². The predicted molar refractivity (Wildman–Crippen MR) is 80.0 cm³/mol. The van der Waals surface area contributed by atoms with Gasteiger partial charge in [0, 0.05) is 19.5 Å². The second-order valence-electron chi connectivity index (χ2n) is 4.86. The van der Waals surface area contributed by atoms with E-state index in [0.717, 1.165) is 37.2 Å². The van der Waals surface area contributed by atoms with E-state index in [1.54, 1.807) is 0 Å². The van der Waals surface area contributed by atoms with Crippen molar-refractivity contribution in [1.29, 1.82) is 0 Å². The zero-order chi connectivity index (χ0) is 14.4. The van der Waals surface area contributed by atoms with Crippen LogP contribution < -0.4 is 9.47 Å². The number of nitrogens with zero attached hydrogens (tertiary/aromatic N) is 1. The minimum Gasteiger partial charge on any atom is -0.489 e. The van der Waals surface area contributed by atoms with Gasteiger partial charge in [0.05, 0.1) is 24.8 Å². The van der Waals surface area contributed by atoms with Crippen molar-refractivity contribution in [2.75, 3.05) is 39.5 Å². The third-order valence-electron chi connectivity index (χ3n) is 3.44. The summed E-state index contributed by atoms with van der Waals surface area (Å²) in [7, 11) is 0. The summed E-state index contributed by atoms with van der Waals surface area (Å²) in [5.41, 5.74) is 1.13. The number of likely N-dealkylation sites (N-methyl/N-ethyl adjacent to an activating group) is 1. The van der Waals surface area contributed by atoms with Crippen LogP contribution in [0.25, 0.3) is 0 Å². The lowest BCUT2D eigenvalue weighted by Crippen LogP contribution is -2.28. The standard InChI is InChI=1S/C15H22ClNO3/c1-2-17(6-7-18)5-4-12-10-13(16)15-14(11-12)19-8-3-9-20-15/h10-11,18H,2-9H2,1H3. The molecule has 1 aromatic carbocycles. The number of aliphatic hydroxyl groups is 1. The molecule has 1 heterocycles. The van der Waals surface area contributed by atoms with Crippen molar-refractivity contribution in [2.45, 2.75) is 19.8 Å². The maximum absolute atomic E-state index is 9.00. The van der Waals surface area contributed by atoms with Gasteiger partial charge in [-0.15, -0.1) is 0 Å². The van der Waals surface area contributed by atoms with Gasteiger partial charge >= 0.3 is 0 Å². The number of hydrogen-bond acceptors (Lipinski definition) is 4. The molecule has 0 unspecified atom stereocenters. The van der Waals surface area contributed by atoms with Gasteiger partial charge in [-0.3, -0.25) is 0 Å². The van der Waals surface area contributed by atoms with Crippen molar-refractivity contribution in [2.24, 2.45) is 0 Å². The molecule has 112 valence electrons. The molecule has 0 atom stereocenters. The molecule has 0 aliphatic carbocycles. The van der Waals surface area contributed by atoms with Crippen LogP contribution in [0.1, 0.15) is 18.9 Å². The van der Waals surface area contributed by atoms with Gasteiger partial charge in [-0.05, 0) is 30.7 Å². The minimum atomic E-state index is 0.190. The van der Waals surface area contributed by atoms with Crippen LogP contribution in [-0.2, 0) is 6.42 Å². The average molecular weight is 300 g/mol. The number of aliphatic hydroxyl groups excluding tert-OH is 1. The Kier molecular flexibility index (Phi) is 5.95. The Bertz CT molecular complexity index is 439. The molecule has 1 N–H and O–H groups in total. The summed E-state index contributed by atoms with van der Waals surface area (Å²) < 4.78 is 11.3. The lowest BCUT2D eigenvalue weighted by Gasteiger charge is -2.19. The number of benzene rings is 1. The highest BCUT2D eigenvalue weighted by Gasteiger charge is 2.15. The van der Waals surface area contributed by atoms with Crippen LogP contribution in [0.4, 0.5) is 0 Å². The van der Waals surface area contributed by atoms with Crippen molar-refractivity contribution < 1.29 is 14.6 Å². The van der Waals surface area contributed by atoms with E-state index >= 15 is 0 Å². The predicted octanol–water partition coefficient (Wildman–Crippen LogP) is 2.36. The van der Waals surface area contributed by atoms with Crippen molar-refractivity contribution in [3.05, 3.63) is 22.7 Å². The van der Waals surface area contributed by atoms with Crippen molar-refractivity contribution in [1.82, 2.24) is 4.90 Å². The van der Waals surface area contributed by atoms with E-state index in [9.17, 15) is 0 Å². The van der Waals surface area contributed by atoms with Gasteiger partial charge in [0.1, 0.15) is 0 Å². The number of fused-ring (bicyclic) bond motifs is 1. The van der Waals surface area contributed by atoms with Crippen LogP contribution in [0.5, 0.6) is 11.5 Å². The molecule has 0 aromatic heterocycles. The lowest BCUT2D eigenvalue weighted by molar-refractivity contribution is 0.203. The first kappa shape index (κ1) is 15.4. The fraction of sp³-hybridized carbons (Fsp3) is 0.600. The lowest BCUT2D eigenvalue weighted by atomic mass is 10.1. The molecule has 1 aliphatic heterocycles. The molecule has 20 heavy (non-hydrogen) atoms.